The van der Waals surface area contributed by atoms with E-state index in [0.29, 0.717) is 0 Å². The highest BCUT2D eigenvalue weighted by atomic mass is 14.0. The molecule has 0 aliphatic carbocycles. The van der Waals surface area contributed by atoms with Gasteiger partial charge in [0, 0.05) is 0 Å². The van der Waals surface area contributed by atoms with Crippen LogP contribution in [0.4, 0.5) is 0 Å². The first kappa shape index (κ1) is 10.2. The van der Waals surface area contributed by atoms with Gasteiger partial charge < -0.3 is 0 Å². The Morgan fingerprint density at radius 3 is 2.45 bits per heavy atom. The molecule has 0 aliphatic rings. The van der Waals surface area contributed by atoms with Gasteiger partial charge in [-0.15, -0.1) is 0 Å². The van der Waals surface area contributed by atoms with E-state index in [4.69, 9.17) is 0 Å². The van der Waals surface area contributed by atoms with E-state index in [1.807, 2.05) is 6.08 Å². The minimum absolute atomic E-state index is 1.08. The molecule has 0 radical (unpaired) electrons. The molecule has 0 saturated carbocycles. The molecule has 0 heteroatoms. The Morgan fingerprint density at radius 2 is 2.00 bits per heavy atom. The van der Waals surface area contributed by atoms with Crippen LogP contribution in [0.2, 0.25) is 0 Å². The van der Waals surface area contributed by atoms with Gasteiger partial charge in [-0.2, -0.15) is 0 Å². The monoisotopic (exact) mass is 150 g/mol. The van der Waals surface area contributed by atoms with Crippen LogP contribution in [0, 0.1) is 0 Å². The van der Waals surface area contributed by atoms with Gasteiger partial charge in [-0.1, -0.05) is 36.5 Å². The maximum atomic E-state index is 3.86. The maximum Gasteiger partial charge on any atom is -0.0282 e. The van der Waals surface area contributed by atoms with Gasteiger partial charge in [-0.25, -0.2) is 0 Å². The molecule has 0 aliphatic heterocycles. The van der Waals surface area contributed by atoms with E-state index in [1.54, 1.807) is 0 Å². The average molecular weight is 150 g/mol. The predicted molar refractivity (Wildman–Crippen MR) is 52.6 cm³/mol. The Morgan fingerprint density at radius 1 is 1.36 bits per heavy atom. The van der Waals surface area contributed by atoms with Crippen molar-refractivity contribution in [1.29, 1.82) is 0 Å². The van der Waals surface area contributed by atoms with Gasteiger partial charge in [0.15, 0.2) is 0 Å². The van der Waals surface area contributed by atoms with E-state index in [9.17, 15) is 0 Å². The quantitative estimate of drug-likeness (QED) is 0.412. The van der Waals surface area contributed by atoms with E-state index in [0.717, 1.165) is 12.0 Å². The summed E-state index contributed by atoms with van der Waals surface area (Å²) in [6, 6.07) is 0. The molecule has 0 aromatic heterocycles. The third-order valence-corrected chi connectivity index (χ3v) is 1.85. The molecule has 0 nitrogen and oxygen atoms in total. The van der Waals surface area contributed by atoms with Crippen molar-refractivity contribution in [1.82, 2.24) is 0 Å². The highest BCUT2D eigenvalue weighted by Gasteiger charge is 1.90. The molecular formula is C11H18. The Bertz CT molecular complexity index is 159. The third kappa shape index (κ3) is 5.65. The average Bonchev–Trinajstić information content (AvgIpc) is 2.04. The summed E-state index contributed by atoms with van der Waals surface area (Å²) in [5, 5.41) is 0. The van der Waals surface area contributed by atoms with Crippen LogP contribution in [0.25, 0.3) is 0 Å². The number of hydrogen-bond donors (Lipinski definition) is 0. The Labute approximate surface area is 70.3 Å². The van der Waals surface area contributed by atoms with E-state index in [1.165, 1.54) is 18.4 Å². The van der Waals surface area contributed by atoms with Gasteiger partial charge in [0.05, 0.1) is 0 Å². The van der Waals surface area contributed by atoms with Crippen LogP contribution in [0.15, 0.2) is 36.5 Å². The summed E-state index contributed by atoms with van der Waals surface area (Å²) in [5.41, 5.74) is 2.61. The molecule has 0 saturated heterocycles. The minimum atomic E-state index is 1.08. The summed E-state index contributed by atoms with van der Waals surface area (Å²) in [5.74, 6) is 0. The number of hydrogen-bond acceptors (Lipinski definition) is 0. The van der Waals surface area contributed by atoms with Gasteiger partial charge in [-0.05, 0) is 33.1 Å². The molecule has 0 bridgehead atoms. The fourth-order valence-electron chi connectivity index (χ4n) is 0.841. The van der Waals surface area contributed by atoms with Crippen molar-refractivity contribution >= 4 is 0 Å². The van der Waals surface area contributed by atoms with Crippen LogP contribution >= 0.6 is 0 Å². The molecule has 0 unspecified atom stereocenters. The summed E-state index contributed by atoms with van der Waals surface area (Å²) in [4.78, 5) is 0. The second-order valence-corrected chi connectivity index (χ2v) is 2.85. The van der Waals surface area contributed by atoms with Crippen molar-refractivity contribution in [3.63, 3.8) is 0 Å². The van der Waals surface area contributed by atoms with Crippen LogP contribution in [0.1, 0.15) is 33.1 Å². The summed E-state index contributed by atoms with van der Waals surface area (Å²) < 4.78 is 0. The number of rotatable bonds is 5. The molecular weight excluding hydrogens is 132 g/mol. The highest BCUT2D eigenvalue weighted by molar-refractivity contribution is 5.10. The maximum absolute atomic E-state index is 3.86. The summed E-state index contributed by atoms with van der Waals surface area (Å²) >= 11 is 0. The molecule has 0 atom stereocenters. The SMILES string of the molecule is C=CC(=C)CCC/C(C)=C/C. The van der Waals surface area contributed by atoms with Gasteiger partial charge in [0.25, 0.3) is 0 Å². The predicted octanol–water partition coefficient (Wildman–Crippen LogP) is 3.87. The Kier molecular flexibility index (Phi) is 5.54. The van der Waals surface area contributed by atoms with Crippen LogP contribution in [0.3, 0.4) is 0 Å². The first-order chi connectivity index (χ1) is 5.20. The Hall–Kier alpha value is -0.780. The fourth-order valence-corrected chi connectivity index (χ4v) is 0.841. The number of allylic oxidation sites excluding steroid dienone is 4. The summed E-state index contributed by atoms with van der Waals surface area (Å²) in [6.45, 7) is 11.8. The lowest BCUT2D eigenvalue weighted by molar-refractivity contribution is 0.815. The zero-order chi connectivity index (χ0) is 8.69. The highest BCUT2D eigenvalue weighted by Crippen LogP contribution is 2.10. The lowest BCUT2D eigenvalue weighted by Gasteiger charge is -2.00. The molecule has 0 amide bonds. The first-order valence-electron chi connectivity index (χ1n) is 4.12. The van der Waals surface area contributed by atoms with E-state index < -0.39 is 0 Å². The molecule has 0 rings (SSSR count). The van der Waals surface area contributed by atoms with Crippen molar-refractivity contribution in [2.45, 2.75) is 33.1 Å². The van der Waals surface area contributed by atoms with Gasteiger partial charge in [0.2, 0.25) is 0 Å². The van der Waals surface area contributed by atoms with E-state index in [-0.39, 0.29) is 0 Å². The van der Waals surface area contributed by atoms with Crippen molar-refractivity contribution < 1.29 is 0 Å². The molecule has 11 heavy (non-hydrogen) atoms. The first-order valence-corrected chi connectivity index (χ1v) is 4.12. The van der Waals surface area contributed by atoms with E-state index in [2.05, 4.69) is 33.1 Å². The zero-order valence-corrected chi connectivity index (χ0v) is 7.69. The summed E-state index contributed by atoms with van der Waals surface area (Å²) in [6.07, 6.45) is 7.46. The normalized spacial score (nSPS) is 11.3. The van der Waals surface area contributed by atoms with Crippen LogP contribution in [-0.4, -0.2) is 0 Å². The molecule has 0 spiro atoms. The molecule has 0 aromatic carbocycles. The molecule has 62 valence electrons. The van der Waals surface area contributed by atoms with Crippen molar-refractivity contribution in [3.8, 4) is 0 Å². The lowest BCUT2D eigenvalue weighted by Crippen LogP contribution is -1.80. The van der Waals surface area contributed by atoms with Crippen LogP contribution < -0.4 is 0 Å². The van der Waals surface area contributed by atoms with Crippen LogP contribution in [-0.2, 0) is 0 Å². The molecule has 0 fully saturated rings. The second kappa shape index (κ2) is 5.96. The van der Waals surface area contributed by atoms with Crippen molar-refractivity contribution in [3.05, 3.63) is 36.5 Å². The van der Waals surface area contributed by atoms with E-state index >= 15 is 0 Å². The van der Waals surface area contributed by atoms with Crippen LogP contribution in [0.5, 0.6) is 0 Å². The zero-order valence-electron chi connectivity index (χ0n) is 7.69. The molecule has 0 N–H and O–H groups in total. The summed E-state index contributed by atoms with van der Waals surface area (Å²) in [7, 11) is 0. The topological polar surface area (TPSA) is 0 Å². The largest absolute Gasteiger partial charge is 0.0988 e. The second-order valence-electron chi connectivity index (χ2n) is 2.85. The van der Waals surface area contributed by atoms with Crippen molar-refractivity contribution in [2.75, 3.05) is 0 Å². The Balaban J connectivity index is 3.42. The molecule has 0 heterocycles. The van der Waals surface area contributed by atoms with Crippen molar-refractivity contribution in [2.24, 2.45) is 0 Å². The molecule has 0 aromatic rings. The smallest absolute Gasteiger partial charge is 0.0282 e. The third-order valence-electron chi connectivity index (χ3n) is 1.85. The lowest BCUT2D eigenvalue weighted by atomic mass is 10.1. The van der Waals surface area contributed by atoms with Gasteiger partial charge in [0.1, 0.15) is 0 Å². The van der Waals surface area contributed by atoms with Gasteiger partial charge >= 0.3 is 0 Å². The van der Waals surface area contributed by atoms with Gasteiger partial charge in [-0.3, -0.25) is 0 Å². The minimum Gasteiger partial charge on any atom is -0.0988 e. The fraction of sp³-hybridized carbons (Fsp3) is 0.455. The standard InChI is InChI=1S/C11H18/c1-5-10(3)8-7-9-11(4)6-2/h5-6H,1,3,7-9H2,2,4H3/b11-6+.